The molecule has 76 valence electrons. The SMILES string of the molecule is O=C1NC(=O)/C(=C\c2ccccc2Br)N1. The molecule has 1 aromatic carbocycles. The topological polar surface area (TPSA) is 58.2 Å². The Morgan fingerprint density at radius 3 is 2.47 bits per heavy atom. The molecule has 0 aliphatic carbocycles. The molecule has 1 heterocycles. The Balaban J connectivity index is 2.35. The van der Waals surface area contributed by atoms with Crippen molar-refractivity contribution in [3.63, 3.8) is 0 Å². The second-order valence-corrected chi connectivity index (χ2v) is 3.84. The van der Waals surface area contributed by atoms with Gasteiger partial charge < -0.3 is 5.32 Å². The molecular formula is C10H7BrN2O2. The number of benzene rings is 1. The van der Waals surface area contributed by atoms with Crippen molar-refractivity contribution < 1.29 is 9.59 Å². The van der Waals surface area contributed by atoms with Crippen LogP contribution in [0.15, 0.2) is 34.4 Å². The van der Waals surface area contributed by atoms with Gasteiger partial charge in [-0.05, 0) is 17.7 Å². The lowest BCUT2D eigenvalue weighted by molar-refractivity contribution is -0.115. The van der Waals surface area contributed by atoms with Crippen LogP contribution in [0.3, 0.4) is 0 Å². The van der Waals surface area contributed by atoms with Crippen molar-refractivity contribution in [1.29, 1.82) is 0 Å². The van der Waals surface area contributed by atoms with E-state index in [0.717, 1.165) is 10.0 Å². The highest BCUT2D eigenvalue weighted by atomic mass is 79.9. The molecule has 1 saturated heterocycles. The van der Waals surface area contributed by atoms with Gasteiger partial charge in [-0.2, -0.15) is 0 Å². The summed E-state index contributed by atoms with van der Waals surface area (Å²) in [5.74, 6) is -0.407. The number of hydrogen-bond donors (Lipinski definition) is 2. The number of amides is 3. The summed E-state index contributed by atoms with van der Waals surface area (Å²) in [5.41, 5.74) is 1.09. The van der Waals surface area contributed by atoms with E-state index >= 15 is 0 Å². The highest BCUT2D eigenvalue weighted by Crippen LogP contribution is 2.18. The first-order valence-electron chi connectivity index (χ1n) is 4.25. The summed E-state index contributed by atoms with van der Waals surface area (Å²) in [4.78, 5) is 22.1. The van der Waals surface area contributed by atoms with Crippen LogP contribution in [0.25, 0.3) is 6.08 Å². The number of carbonyl (C=O) groups excluding carboxylic acids is 2. The van der Waals surface area contributed by atoms with Gasteiger partial charge in [-0.25, -0.2) is 4.79 Å². The van der Waals surface area contributed by atoms with Gasteiger partial charge in [0.25, 0.3) is 5.91 Å². The zero-order valence-electron chi connectivity index (χ0n) is 7.58. The summed E-state index contributed by atoms with van der Waals surface area (Å²) in [6.07, 6.45) is 1.62. The number of nitrogens with one attached hydrogen (secondary N) is 2. The van der Waals surface area contributed by atoms with Crippen LogP contribution >= 0.6 is 15.9 Å². The van der Waals surface area contributed by atoms with Crippen molar-refractivity contribution in [3.05, 3.63) is 40.0 Å². The van der Waals surface area contributed by atoms with Crippen LogP contribution in [-0.2, 0) is 4.79 Å². The highest BCUT2D eigenvalue weighted by molar-refractivity contribution is 9.10. The van der Waals surface area contributed by atoms with Crippen LogP contribution in [-0.4, -0.2) is 11.9 Å². The molecule has 0 aromatic heterocycles. The molecule has 1 aliphatic rings. The zero-order chi connectivity index (χ0) is 10.8. The summed E-state index contributed by atoms with van der Waals surface area (Å²) < 4.78 is 0.867. The van der Waals surface area contributed by atoms with E-state index in [1.54, 1.807) is 6.08 Å². The van der Waals surface area contributed by atoms with Crippen LogP contribution in [0.4, 0.5) is 4.79 Å². The third-order valence-corrected chi connectivity index (χ3v) is 2.65. The lowest BCUT2D eigenvalue weighted by Gasteiger charge is -1.98. The molecule has 4 nitrogen and oxygen atoms in total. The third-order valence-electron chi connectivity index (χ3n) is 1.92. The molecule has 0 bridgehead atoms. The van der Waals surface area contributed by atoms with Crippen molar-refractivity contribution >= 4 is 33.9 Å². The molecule has 1 aromatic rings. The average Bonchev–Trinajstić information content (AvgIpc) is 2.49. The summed E-state index contributed by atoms with van der Waals surface area (Å²) >= 11 is 3.35. The Kier molecular flexibility index (Phi) is 2.55. The molecule has 0 radical (unpaired) electrons. The lowest BCUT2D eigenvalue weighted by Crippen LogP contribution is -2.22. The van der Waals surface area contributed by atoms with Gasteiger partial charge in [-0.15, -0.1) is 0 Å². The summed E-state index contributed by atoms with van der Waals surface area (Å²) in [6, 6.07) is 6.94. The Bertz CT molecular complexity index is 468. The maximum atomic E-state index is 11.2. The minimum atomic E-state index is -0.488. The predicted molar refractivity (Wildman–Crippen MR) is 58.8 cm³/mol. The van der Waals surface area contributed by atoms with E-state index in [1.807, 2.05) is 24.3 Å². The molecule has 3 amide bonds. The van der Waals surface area contributed by atoms with Gasteiger partial charge in [0, 0.05) is 4.47 Å². The molecule has 0 saturated carbocycles. The van der Waals surface area contributed by atoms with Crippen molar-refractivity contribution in [2.75, 3.05) is 0 Å². The van der Waals surface area contributed by atoms with Gasteiger partial charge in [0.2, 0.25) is 0 Å². The largest absolute Gasteiger partial charge is 0.326 e. The zero-order valence-corrected chi connectivity index (χ0v) is 9.17. The van der Waals surface area contributed by atoms with Gasteiger partial charge in [0.15, 0.2) is 0 Å². The number of urea groups is 1. The fourth-order valence-corrected chi connectivity index (χ4v) is 1.63. The minimum Gasteiger partial charge on any atom is -0.303 e. The molecule has 0 unspecified atom stereocenters. The Morgan fingerprint density at radius 2 is 1.87 bits per heavy atom. The van der Waals surface area contributed by atoms with E-state index in [9.17, 15) is 9.59 Å². The fraction of sp³-hybridized carbons (Fsp3) is 0. The van der Waals surface area contributed by atoms with Gasteiger partial charge in [0.05, 0.1) is 0 Å². The van der Waals surface area contributed by atoms with Crippen molar-refractivity contribution in [2.24, 2.45) is 0 Å². The molecule has 1 fully saturated rings. The maximum Gasteiger partial charge on any atom is 0.326 e. The van der Waals surface area contributed by atoms with E-state index < -0.39 is 11.9 Å². The monoisotopic (exact) mass is 266 g/mol. The van der Waals surface area contributed by atoms with E-state index in [-0.39, 0.29) is 5.70 Å². The molecular weight excluding hydrogens is 260 g/mol. The van der Waals surface area contributed by atoms with Gasteiger partial charge in [-0.3, -0.25) is 10.1 Å². The van der Waals surface area contributed by atoms with Gasteiger partial charge >= 0.3 is 6.03 Å². The summed E-state index contributed by atoms with van der Waals surface area (Å²) in [7, 11) is 0. The second-order valence-electron chi connectivity index (χ2n) is 2.99. The van der Waals surface area contributed by atoms with Crippen LogP contribution in [0.5, 0.6) is 0 Å². The molecule has 5 heteroatoms. The van der Waals surface area contributed by atoms with Gasteiger partial charge in [-0.1, -0.05) is 34.1 Å². The number of hydrogen-bond acceptors (Lipinski definition) is 2. The molecule has 2 rings (SSSR count). The highest BCUT2D eigenvalue weighted by Gasteiger charge is 2.22. The summed E-state index contributed by atoms with van der Waals surface area (Å²) in [6.45, 7) is 0. The standard InChI is InChI=1S/C10H7BrN2O2/c11-7-4-2-1-3-6(7)5-8-9(14)13-10(15)12-8/h1-5H,(H2,12,13,14,15)/b8-5+. The molecule has 1 aliphatic heterocycles. The first-order valence-corrected chi connectivity index (χ1v) is 5.04. The van der Waals surface area contributed by atoms with Crippen LogP contribution in [0.1, 0.15) is 5.56 Å². The lowest BCUT2D eigenvalue weighted by atomic mass is 10.2. The average molecular weight is 267 g/mol. The number of carbonyl (C=O) groups is 2. The predicted octanol–water partition coefficient (Wildman–Crippen LogP) is 1.63. The Hall–Kier alpha value is -1.62. The smallest absolute Gasteiger partial charge is 0.303 e. The van der Waals surface area contributed by atoms with Crippen LogP contribution in [0, 0.1) is 0 Å². The van der Waals surface area contributed by atoms with E-state index in [0.29, 0.717) is 0 Å². The molecule has 15 heavy (non-hydrogen) atoms. The normalized spacial score (nSPS) is 17.8. The molecule has 2 N–H and O–H groups in total. The van der Waals surface area contributed by atoms with E-state index in [2.05, 4.69) is 26.6 Å². The molecule has 0 spiro atoms. The first kappa shape index (κ1) is 9.92. The van der Waals surface area contributed by atoms with Crippen LogP contribution in [0.2, 0.25) is 0 Å². The second kappa shape index (κ2) is 3.86. The number of imide groups is 1. The number of halogens is 1. The quantitative estimate of drug-likeness (QED) is 0.600. The maximum absolute atomic E-state index is 11.2. The Labute approximate surface area is 94.5 Å². The fourth-order valence-electron chi connectivity index (χ4n) is 1.23. The van der Waals surface area contributed by atoms with Crippen molar-refractivity contribution in [2.45, 2.75) is 0 Å². The van der Waals surface area contributed by atoms with E-state index in [4.69, 9.17) is 0 Å². The summed E-state index contributed by atoms with van der Waals surface area (Å²) in [5, 5.41) is 4.55. The Morgan fingerprint density at radius 1 is 1.13 bits per heavy atom. The third kappa shape index (κ3) is 2.07. The van der Waals surface area contributed by atoms with Crippen LogP contribution < -0.4 is 10.6 Å². The minimum absolute atomic E-state index is 0.256. The number of rotatable bonds is 1. The van der Waals surface area contributed by atoms with Crippen molar-refractivity contribution in [1.82, 2.24) is 10.6 Å². The van der Waals surface area contributed by atoms with Gasteiger partial charge in [0.1, 0.15) is 5.70 Å². The first-order chi connectivity index (χ1) is 7.16. The van der Waals surface area contributed by atoms with E-state index in [1.165, 1.54) is 0 Å². The van der Waals surface area contributed by atoms with Crippen molar-refractivity contribution in [3.8, 4) is 0 Å². The molecule has 0 atom stereocenters.